The average Bonchev–Trinajstić information content (AvgIpc) is 2.94. The number of carbonyl (C=O) groups is 1. The number of allylic oxidation sites excluding steroid dienone is 5. The summed E-state index contributed by atoms with van der Waals surface area (Å²) in [5, 5.41) is 15.5. The zero-order valence-corrected chi connectivity index (χ0v) is 14.1. The molecule has 4 nitrogen and oxygen atoms in total. The molecular formula is C19H27N3O. The first kappa shape index (κ1) is 18.9. The van der Waals surface area contributed by atoms with Crippen LogP contribution in [0, 0.1) is 17.2 Å². The lowest BCUT2D eigenvalue weighted by molar-refractivity contribution is -0.124. The number of hydrogen-bond acceptors (Lipinski definition) is 3. The SMILES string of the molecule is C=C/C=C\C=C(/C=C)CC(C#N)NC(=O)C1NC(C)CC1CC. The van der Waals surface area contributed by atoms with Crippen LogP contribution in [0.2, 0.25) is 0 Å². The second-order valence-electron chi connectivity index (χ2n) is 5.91. The van der Waals surface area contributed by atoms with E-state index < -0.39 is 6.04 Å². The molecule has 1 aliphatic rings. The minimum Gasteiger partial charge on any atom is -0.339 e. The molecule has 0 radical (unpaired) electrons. The van der Waals surface area contributed by atoms with Gasteiger partial charge >= 0.3 is 0 Å². The second-order valence-corrected chi connectivity index (χ2v) is 5.91. The van der Waals surface area contributed by atoms with E-state index in [1.807, 2.05) is 12.2 Å². The Bertz CT molecular complexity index is 527. The van der Waals surface area contributed by atoms with Gasteiger partial charge in [0.15, 0.2) is 0 Å². The molecule has 0 aromatic carbocycles. The fourth-order valence-electron chi connectivity index (χ4n) is 2.90. The summed E-state index contributed by atoms with van der Waals surface area (Å²) in [5.74, 6) is 0.243. The van der Waals surface area contributed by atoms with Crippen molar-refractivity contribution < 1.29 is 4.79 Å². The van der Waals surface area contributed by atoms with Crippen LogP contribution in [0.5, 0.6) is 0 Å². The quantitative estimate of drug-likeness (QED) is 0.677. The summed E-state index contributed by atoms with van der Waals surface area (Å²) in [6.07, 6.45) is 11.3. The van der Waals surface area contributed by atoms with Crippen molar-refractivity contribution in [3.8, 4) is 6.07 Å². The van der Waals surface area contributed by atoms with Gasteiger partial charge in [-0.2, -0.15) is 5.26 Å². The lowest BCUT2D eigenvalue weighted by Gasteiger charge is -2.20. The Kier molecular flexibility index (Phi) is 8.07. The molecule has 0 saturated carbocycles. The first-order valence-electron chi connectivity index (χ1n) is 8.12. The Morgan fingerprint density at radius 2 is 2.22 bits per heavy atom. The summed E-state index contributed by atoms with van der Waals surface area (Å²) in [5.41, 5.74) is 0.898. The van der Waals surface area contributed by atoms with E-state index in [0.29, 0.717) is 18.4 Å². The molecule has 1 amide bonds. The summed E-state index contributed by atoms with van der Waals surface area (Å²) in [6, 6.07) is 1.74. The molecule has 0 bridgehead atoms. The lowest BCUT2D eigenvalue weighted by Crippen LogP contribution is -2.48. The number of amides is 1. The van der Waals surface area contributed by atoms with Crippen LogP contribution in [0.1, 0.15) is 33.1 Å². The fraction of sp³-hybridized carbons (Fsp3) is 0.474. The Hall–Kier alpha value is -2.12. The molecule has 1 rings (SSSR count). The molecule has 1 saturated heterocycles. The monoisotopic (exact) mass is 313 g/mol. The summed E-state index contributed by atoms with van der Waals surface area (Å²) in [4.78, 5) is 12.5. The van der Waals surface area contributed by atoms with E-state index in [1.54, 1.807) is 18.2 Å². The van der Waals surface area contributed by atoms with Gasteiger partial charge in [-0.3, -0.25) is 4.79 Å². The fourth-order valence-corrected chi connectivity index (χ4v) is 2.90. The molecule has 1 aliphatic heterocycles. The van der Waals surface area contributed by atoms with Gasteiger partial charge in [-0.25, -0.2) is 0 Å². The minimum absolute atomic E-state index is 0.0854. The molecule has 0 spiro atoms. The van der Waals surface area contributed by atoms with Gasteiger partial charge in [0.25, 0.3) is 0 Å². The molecule has 23 heavy (non-hydrogen) atoms. The average molecular weight is 313 g/mol. The standard InChI is InChI=1S/C19H27N3O/c1-5-8-9-10-15(6-2)12-17(13-20)22-19(23)18-16(7-3)11-14(4)21-18/h5-6,8-10,14,16-18,21H,1-2,7,11-12H2,3-4H3,(H,22,23)/b9-8-,15-10+. The van der Waals surface area contributed by atoms with Crippen LogP contribution in [0.3, 0.4) is 0 Å². The van der Waals surface area contributed by atoms with Crippen molar-refractivity contribution in [2.75, 3.05) is 0 Å². The zero-order valence-electron chi connectivity index (χ0n) is 14.1. The van der Waals surface area contributed by atoms with Gasteiger partial charge in [-0.05, 0) is 24.8 Å². The van der Waals surface area contributed by atoms with Crippen LogP contribution in [-0.4, -0.2) is 24.0 Å². The van der Waals surface area contributed by atoms with Crippen LogP contribution in [0.15, 0.2) is 49.1 Å². The molecule has 4 unspecified atom stereocenters. The van der Waals surface area contributed by atoms with E-state index >= 15 is 0 Å². The smallest absolute Gasteiger partial charge is 0.238 e. The maximum absolute atomic E-state index is 12.5. The summed E-state index contributed by atoms with van der Waals surface area (Å²) in [6.45, 7) is 11.5. The Balaban J connectivity index is 2.68. The van der Waals surface area contributed by atoms with E-state index in [-0.39, 0.29) is 11.9 Å². The van der Waals surface area contributed by atoms with E-state index in [0.717, 1.165) is 18.4 Å². The number of nitrogens with one attached hydrogen (secondary N) is 2. The molecule has 1 fully saturated rings. The van der Waals surface area contributed by atoms with Crippen molar-refractivity contribution in [3.05, 3.63) is 49.1 Å². The van der Waals surface area contributed by atoms with Crippen LogP contribution < -0.4 is 10.6 Å². The molecule has 0 aromatic rings. The molecule has 0 aliphatic carbocycles. The number of nitrogens with zero attached hydrogens (tertiary/aromatic N) is 1. The molecule has 2 N–H and O–H groups in total. The van der Waals surface area contributed by atoms with E-state index in [2.05, 4.69) is 43.7 Å². The molecular weight excluding hydrogens is 286 g/mol. The van der Waals surface area contributed by atoms with Crippen molar-refractivity contribution >= 4 is 5.91 Å². The van der Waals surface area contributed by atoms with Gasteiger partial charge < -0.3 is 10.6 Å². The molecule has 4 heteroatoms. The molecule has 1 heterocycles. The largest absolute Gasteiger partial charge is 0.339 e. The Labute approximate surface area is 139 Å². The van der Waals surface area contributed by atoms with Gasteiger partial charge in [-0.1, -0.05) is 56.9 Å². The van der Waals surface area contributed by atoms with E-state index in [1.165, 1.54) is 0 Å². The van der Waals surface area contributed by atoms with Crippen molar-refractivity contribution in [3.63, 3.8) is 0 Å². The van der Waals surface area contributed by atoms with E-state index in [4.69, 9.17) is 0 Å². The highest BCUT2D eigenvalue weighted by molar-refractivity contribution is 5.83. The predicted octanol–water partition coefficient (Wildman–Crippen LogP) is 3.02. The third kappa shape index (κ3) is 5.88. The third-order valence-electron chi connectivity index (χ3n) is 4.13. The summed E-state index contributed by atoms with van der Waals surface area (Å²) >= 11 is 0. The normalized spacial score (nSPS) is 25.8. The molecule has 124 valence electrons. The highest BCUT2D eigenvalue weighted by atomic mass is 16.2. The first-order chi connectivity index (χ1) is 11.0. The van der Waals surface area contributed by atoms with Gasteiger partial charge in [0.05, 0.1) is 12.1 Å². The minimum atomic E-state index is -0.556. The van der Waals surface area contributed by atoms with Crippen molar-refractivity contribution in [2.24, 2.45) is 5.92 Å². The van der Waals surface area contributed by atoms with Crippen LogP contribution in [0.25, 0.3) is 0 Å². The number of rotatable bonds is 8. The van der Waals surface area contributed by atoms with Crippen LogP contribution in [0.4, 0.5) is 0 Å². The molecule has 0 aromatic heterocycles. The zero-order chi connectivity index (χ0) is 17.2. The van der Waals surface area contributed by atoms with Gasteiger partial charge in [0, 0.05) is 12.5 Å². The number of nitriles is 1. The van der Waals surface area contributed by atoms with Gasteiger partial charge in [0.2, 0.25) is 5.91 Å². The summed E-state index contributed by atoms with van der Waals surface area (Å²) < 4.78 is 0. The van der Waals surface area contributed by atoms with E-state index in [9.17, 15) is 10.1 Å². The summed E-state index contributed by atoms with van der Waals surface area (Å²) in [7, 11) is 0. The maximum Gasteiger partial charge on any atom is 0.238 e. The lowest BCUT2D eigenvalue weighted by atomic mass is 9.95. The third-order valence-corrected chi connectivity index (χ3v) is 4.13. The van der Waals surface area contributed by atoms with Crippen LogP contribution >= 0.6 is 0 Å². The topological polar surface area (TPSA) is 64.9 Å². The Morgan fingerprint density at radius 3 is 2.78 bits per heavy atom. The second kappa shape index (κ2) is 9.81. The highest BCUT2D eigenvalue weighted by Crippen LogP contribution is 2.23. The number of hydrogen-bond donors (Lipinski definition) is 2. The van der Waals surface area contributed by atoms with Gasteiger partial charge in [0.1, 0.15) is 6.04 Å². The first-order valence-corrected chi connectivity index (χ1v) is 8.12. The van der Waals surface area contributed by atoms with Crippen LogP contribution in [-0.2, 0) is 4.79 Å². The van der Waals surface area contributed by atoms with Crippen molar-refractivity contribution in [1.82, 2.24) is 10.6 Å². The molecule has 4 atom stereocenters. The van der Waals surface area contributed by atoms with Gasteiger partial charge in [-0.15, -0.1) is 0 Å². The maximum atomic E-state index is 12.5. The Morgan fingerprint density at radius 1 is 1.48 bits per heavy atom. The predicted molar refractivity (Wildman–Crippen MR) is 94.6 cm³/mol. The number of carbonyl (C=O) groups excluding carboxylic acids is 1. The van der Waals surface area contributed by atoms with Crippen molar-refractivity contribution in [1.29, 1.82) is 5.26 Å². The van der Waals surface area contributed by atoms with Crippen molar-refractivity contribution in [2.45, 2.75) is 51.2 Å². The highest BCUT2D eigenvalue weighted by Gasteiger charge is 2.35.